The van der Waals surface area contributed by atoms with Crippen LogP contribution in [0.25, 0.3) is 0 Å². The number of hydrogen-bond donors (Lipinski definition) is 3. The minimum Gasteiger partial charge on any atom is -0.396 e. The van der Waals surface area contributed by atoms with Crippen LogP contribution in [-0.2, 0) is 4.79 Å². The van der Waals surface area contributed by atoms with Crippen LogP contribution in [0.2, 0.25) is 0 Å². The maximum Gasteiger partial charge on any atom is 0.237 e. The van der Waals surface area contributed by atoms with Gasteiger partial charge in [-0.15, -0.1) is 0 Å². The van der Waals surface area contributed by atoms with Gasteiger partial charge in [0, 0.05) is 13.2 Å². The van der Waals surface area contributed by atoms with Gasteiger partial charge in [-0.05, 0) is 38.6 Å². The number of aliphatic hydroxyl groups is 1. The van der Waals surface area contributed by atoms with Crippen molar-refractivity contribution in [3.8, 4) is 0 Å². The van der Waals surface area contributed by atoms with Crippen LogP contribution in [0.1, 0.15) is 38.5 Å². The summed E-state index contributed by atoms with van der Waals surface area (Å²) < 4.78 is 0. The van der Waals surface area contributed by atoms with Crippen molar-refractivity contribution in [1.82, 2.24) is 10.6 Å². The first-order valence-electron chi connectivity index (χ1n) is 5.96. The Bertz CT molecular complexity index is 179. The number of rotatable bonds is 6. The van der Waals surface area contributed by atoms with Gasteiger partial charge in [0.15, 0.2) is 0 Å². The number of hydrogen-bond acceptors (Lipinski definition) is 3. The molecule has 0 radical (unpaired) electrons. The van der Waals surface area contributed by atoms with Gasteiger partial charge in [0.05, 0.1) is 6.04 Å². The first kappa shape index (κ1) is 12.5. The third-order valence-corrected chi connectivity index (χ3v) is 2.76. The smallest absolute Gasteiger partial charge is 0.237 e. The molecule has 4 nitrogen and oxygen atoms in total. The van der Waals surface area contributed by atoms with Crippen LogP contribution in [0.4, 0.5) is 0 Å². The van der Waals surface area contributed by atoms with E-state index in [9.17, 15) is 4.79 Å². The van der Waals surface area contributed by atoms with Crippen molar-refractivity contribution < 1.29 is 9.90 Å². The van der Waals surface area contributed by atoms with Crippen molar-refractivity contribution in [2.75, 3.05) is 19.7 Å². The van der Waals surface area contributed by atoms with Gasteiger partial charge in [-0.2, -0.15) is 0 Å². The van der Waals surface area contributed by atoms with Crippen molar-refractivity contribution >= 4 is 5.91 Å². The van der Waals surface area contributed by atoms with E-state index in [0.29, 0.717) is 0 Å². The van der Waals surface area contributed by atoms with Gasteiger partial charge in [-0.3, -0.25) is 4.79 Å². The fourth-order valence-electron chi connectivity index (χ4n) is 1.82. The molecule has 1 saturated heterocycles. The van der Waals surface area contributed by atoms with E-state index in [1.54, 1.807) is 0 Å². The number of aliphatic hydroxyl groups excluding tert-OH is 1. The maximum atomic E-state index is 11.6. The SMILES string of the molecule is O=C(NCCCCCO)[C@@H]1CCCCN1. The average molecular weight is 214 g/mol. The Labute approximate surface area is 91.4 Å². The van der Waals surface area contributed by atoms with Crippen molar-refractivity contribution in [3.05, 3.63) is 0 Å². The number of amides is 1. The van der Waals surface area contributed by atoms with Crippen molar-refractivity contribution in [3.63, 3.8) is 0 Å². The van der Waals surface area contributed by atoms with Gasteiger partial charge in [-0.25, -0.2) is 0 Å². The highest BCUT2D eigenvalue weighted by molar-refractivity contribution is 5.81. The van der Waals surface area contributed by atoms with E-state index in [1.807, 2.05) is 0 Å². The Kier molecular flexibility index (Phi) is 6.36. The predicted molar refractivity (Wildman–Crippen MR) is 59.6 cm³/mol. The Morgan fingerprint density at radius 2 is 2.20 bits per heavy atom. The molecular weight excluding hydrogens is 192 g/mol. The fraction of sp³-hybridized carbons (Fsp3) is 0.909. The summed E-state index contributed by atoms with van der Waals surface area (Å²) in [5, 5.41) is 14.7. The third-order valence-electron chi connectivity index (χ3n) is 2.76. The number of carbonyl (C=O) groups is 1. The lowest BCUT2D eigenvalue weighted by Gasteiger charge is -2.22. The average Bonchev–Trinajstić information content (AvgIpc) is 2.30. The number of carbonyl (C=O) groups excluding carboxylic acids is 1. The van der Waals surface area contributed by atoms with Crippen LogP contribution in [0.15, 0.2) is 0 Å². The number of nitrogens with one attached hydrogen (secondary N) is 2. The number of piperidine rings is 1. The van der Waals surface area contributed by atoms with Gasteiger partial charge >= 0.3 is 0 Å². The third kappa shape index (κ3) is 5.14. The topological polar surface area (TPSA) is 61.4 Å². The molecule has 1 heterocycles. The highest BCUT2D eigenvalue weighted by Gasteiger charge is 2.19. The Balaban J connectivity index is 2.02. The molecule has 0 bridgehead atoms. The second-order valence-electron chi connectivity index (χ2n) is 4.08. The predicted octanol–water partition coefficient (Wildman–Crippen LogP) is 0.407. The molecule has 1 aliphatic rings. The Morgan fingerprint density at radius 1 is 1.33 bits per heavy atom. The lowest BCUT2D eigenvalue weighted by molar-refractivity contribution is -0.123. The standard InChI is InChI=1S/C11H22N2O2/c14-9-5-1-3-8-13-11(15)10-6-2-4-7-12-10/h10,12,14H,1-9H2,(H,13,15)/t10-/m0/s1. The normalized spacial score (nSPS) is 21.3. The molecule has 1 aliphatic heterocycles. The van der Waals surface area contributed by atoms with E-state index in [0.717, 1.165) is 45.2 Å². The summed E-state index contributed by atoms with van der Waals surface area (Å²) in [6.07, 6.45) is 6.06. The molecule has 4 heteroatoms. The molecule has 0 spiro atoms. The summed E-state index contributed by atoms with van der Waals surface area (Å²) in [5.41, 5.74) is 0. The summed E-state index contributed by atoms with van der Waals surface area (Å²) in [4.78, 5) is 11.6. The minimum absolute atomic E-state index is 0.0246. The van der Waals surface area contributed by atoms with Gasteiger partial charge < -0.3 is 15.7 Å². The van der Waals surface area contributed by atoms with Crippen LogP contribution in [0.3, 0.4) is 0 Å². The molecule has 1 amide bonds. The zero-order valence-electron chi connectivity index (χ0n) is 9.30. The second kappa shape index (κ2) is 7.65. The molecule has 15 heavy (non-hydrogen) atoms. The zero-order chi connectivity index (χ0) is 10.9. The van der Waals surface area contributed by atoms with E-state index >= 15 is 0 Å². The lowest BCUT2D eigenvalue weighted by atomic mass is 10.0. The number of unbranched alkanes of at least 4 members (excludes halogenated alkanes) is 2. The molecule has 1 atom stereocenters. The molecule has 0 unspecified atom stereocenters. The minimum atomic E-state index is 0.0246. The van der Waals surface area contributed by atoms with E-state index in [2.05, 4.69) is 10.6 Å². The fourth-order valence-corrected chi connectivity index (χ4v) is 1.82. The molecule has 3 N–H and O–H groups in total. The van der Waals surface area contributed by atoms with Gasteiger partial charge in [0.2, 0.25) is 5.91 Å². The van der Waals surface area contributed by atoms with E-state index in [4.69, 9.17) is 5.11 Å². The summed E-state index contributed by atoms with van der Waals surface area (Å²) in [6, 6.07) is 0.0246. The Morgan fingerprint density at radius 3 is 2.87 bits per heavy atom. The van der Waals surface area contributed by atoms with Crippen molar-refractivity contribution in [2.45, 2.75) is 44.6 Å². The van der Waals surface area contributed by atoms with E-state index in [-0.39, 0.29) is 18.6 Å². The second-order valence-corrected chi connectivity index (χ2v) is 4.08. The van der Waals surface area contributed by atoms with Crippen LogP contribution in [0, 0.1) is 0 Å². The van der Waals surface area contributed by atoms with Crippen LogP contribution in [0.5, 0.6) is 0 Å². The van der Waals surface area contributed by atoms with Crippen molar-refractivity contribution in [2.24, 2.45) is 0 Å². The molecule has 0 aromatic carbocycles. The van der Waals surface area contributed by atoms with Gasteiger partial charge in [0.25, 0.3) is 0 Å². The van der Waals surface area contributed by atoms with E-state index < -0.39 is 0 Å². The van der Waals surface area contributed by atoms with Crippen molar-refractivity contribution in [1.29, 1.82) is 0 Å². The molecular formula is C11H22N2O2. The van der Waals surface area contributed by atoms with Gasteiger partial charge in [-0.1, -0.05) is 6.42 Å². The molecule has 0 aromatic heterocycles. The first-order valence-corrected chi connectivity index (χ1v) is 5.96. The zero-order valence-corrected chi connectivity index (χ0v) is 9.30. The highest BCUT2D eigenvalue weighted by atomic mass is 16.2. The molecule has 0 saturated carbocycles. The maximum absolute atomic E-state index is 11.6. The van der Waals surface area contributed by atoms with Crippen LogP contribution in [-0.4, -0.2) is 36.8 Å². The molecule has 1 rings (SSSR count). The Hall–Kier alpha value is -0.610. The molecule has 88 valence electrons. The lowest BCUT2D eigenvalue weighted by Crippen LogP contribution is -2.46. The largest absolute Gasteiger partial charge is 0.396 e. The van der Waals surface area contributed by atoms with Gasteiger partial charge in [0.1, 0.15) is 0 Å². The molecule has 1 fully saturated rings. The van der Waals surface area contributed by atoms with E-state index in [1.165, 1.54) is 6.42 Å². The van der Waals surface area contributed by atoms with Crippen LogP contribution >= 0.6 is 0 Å². The summed E-state index contributed by atoms with van der Waals surface area (Å²) in [6.45, 7) is 1.94. The molecule has 0 aromatic rings. The van der Waals surface area contributed by atoms with Crippen LogP contribution < -0.4 is 10.6 Å². The summed E-state index contributed by atoms with van der Waals surface area (Å²) in [7, 11) is 0. The quantitative estimate of drug-likeness (QED) is 0.561. The summed E-state index contributed by atoms with van der Waals surface area (Å²) in [5.74, 6) is 0.138. The monoisotopic (exact) mass is 214 g/mol. The highest BCUT2D eigenvalue weighted by Crippen LogP contribution is 2.06. The molecule has 0 aliphatic carbocycles. The first-order chi connectivity index (χ1) is 7.34. The summed E-state index contributed by atoms with van der Waals surface area (Å²) >= 11 is 0.